The fourth-order valence-electron chi connectivity index (χ4n) is 2.65. The third kappa shape index (κ3) is 3.56. The van der Waals surface area contributed by atoms with E-state index in [0.29, 0.717) is 15.7 Å². The van der Waals surface area contributed by atoms with E-state index in [1.165, 1.54) is 32.1 Å². The lowest BCUT2D eigenvalue weighted by molar-refractivity contribution is 0.347. The molecule has 0 unspecified atom stereocenters. The molecule has 2 rings (SSSR count). The molecule has 1 saturated heterocycles. The Morgan fingerprint density at radius 2 is 1.65 bits per heavy atom. The summed E-state index contributed by atoms with van der Waals surface area (Å²) in [5.41, 5.74) is 2.48. The van der Waals surface area contributed by atoms with Crippen LogP contribution in [0.3, 0.4) is 0 Å². The van der Waals surface area contributed by atoms with E-state index >= 15 is 0 Å². The van der Waals surface area contributed by atoms with E-state index in [0.717, 1.165) is 24.4 Å². The van der Waals surface area contributed by atoms with Gasteiger partial charge in [-0.3, -0.25) is 4.99 Å². The lowest BCUT2D eigenvalue weighted by atomic mass is 10.0. The van der Waals surface area contributed by atoms with E-state index in [9.17, 15) is 0 Å². The first-order valence-corrected chi connectivity index (χ1v) is 7.79. The van der Waals surface area contributed by atoms with Crippen molar-refractivity contribution in [1.82, 2.24) is 4.90 Å². The van der Waals surface area contributed by atoms with E-state index in [2.05, 4.69) is 23.2 Å². The molecule has 0 N–H and O–H groups in total. The fraction of sp³-hybridized carbons (Fsp3) is 0.438. The number of aliphatic imine (C=N–C) groups is 1. The monoisotopic (exact) mass is 310 g/mol. The van der Waals surface area contributed by atoms with Crippen LogP contribution in [0.15, 0.2) is 23.7 Å². The summed E-state index contributed by atoms with van der Waals surface area (Å²) in [5.74, 6) is 0. The Bertz CT molecular complexity index is 503. The number of likely N-dealkylation sites (tertiary alicyclic amines) is 1. The van der Waals surface area contributed by atoms with Crippen LogP contribution in [0.1, 0.15) is 37.7 Å². The normalized spacial score (nSPS) is 16.4. The minimum Gasteiger partial charge on any atom is -0.371 e. The summed E-state index contributed by atoms with van der Waals surface area (Å²) < 4.78 is 0. The summed E-state index contributed by atoms with van der Waals surface area (Å²) in [7, 11) is 0. The molecule has 0 spiro atoms. The number of rotatable bonds is 3. The standard InChI is InChI=1S/C16H20Cl2N2/c1-12(20-8-6-4-3-5-7-9-20)16-14(18)10-13(17)11-15(16)19-2/h10-11H,1-9H2. The van der Waals surface area contributed by atoms with Crippen molar-refractivity contribution < 1.29 is 0 Å². The quantitative estimate of drug-likeness (QED) is 0.667. The first-order valence-electron chi connectivity index (χ1n) is 7.03. The van der Waals surface area contributed by atoms with E-state index in [-0.39, 0.29) is 0 Å². The molecule has 2 nitrogen and oxygen atoms in total. The maximum Gasteiger partial charge on any atom is 0.0745 e. The molecule has 1 aliphatic rings. The van der Waals surface area contributed by atoms with Gasteiger partial charge in [0.25, 0.3) is 0 Å². The highest BCUT2D eigenvalue weighted by atomic mass is 35.5. The topological polar surface area (TPSA) is 15.6 Å². The molecule has 0 aromatic heterocycles. The summed E-state index contributed by atoms with van der Waals surface area (Å²) in [6, 6.07) is 3.52. The number of nitrogens with zero attached hydrogens (tertiary/aromatic N) is 2. The summed E-state index contributed by atoms with van der Waals surface area (Å²) in [5, 5.41) is 1.16. The molecule has 20 heavy (non-hydrogen) atoms. The summed E-state index contributed by atoms with van der Waals surface area (Å²) in [4.78, 5) is 6.35. The Morgan fingerprint density at radius 3 is 2.25 bits per heavy atom. The number of halogens is 2. The zero-order valence-corrected chi connectivity index (χ0v) is 13.2. The van der Waals surface area contributed by atoms with Gasteiger partial charge in [0, 0.05) is 29.4 Å². The van der Waals surface area contributed by atoms with Gasteiger partial charge in [-0.2, -0.15) is 0 Å². The minimum atomic E-state index is 0.571. The van der Waals surface area contributed by atoms with Crippen LogP contribution in [0.25, 0.3) is 5.70 Å². The van der Waals surface area contributed by atoms with Gasteiger partial charge < -0.3 is 4.90 Å². The Morgan fingerprint density at radius 1 is 1.05 bits per heavy atom. The van der Waals surface area contributed by atoms with Crippen LogP contribution in [0, 0.1) is 0 Å². The smallest absolute Gasteiger partial charge is 0.0745 e. The van der Waals surface area contributed by atoms with Gasteiger partial charge in [0.2, 0.25) is 0 Å². The molecule has 0 bridgehead atoms. The van der Waals surface area contributed by atoms with Crippen LogP contribution >= 0.6 is 23.2 Å². The second-order valence-electron chi connectivity index (χ2n) is 5.14. The summed E-state index contributed by atoms with van der Waals surface area (Å²) >= 11 is 12.4. The molecule has 1 aliphatic heterocycles. The molecule has 0 aliphatic carbocycles. The third-order valence-corrected chi connectivity index (χ3v) is 4.25. The van der Waals surface area contributed by atoms with Gasteiger partial charge in [-0.15, -0.1) is 0 Å². The lowest BCUT2D eigenvalue weighted by Crippen LogP contribution is -2.25. The van der Waals surface area contributed by atoms with Crippen molar-refractivity contribution in [1.29, 1.82) is 0 Å². The minimum absolute atomic E-state index is 0.571. The molecule has 1 aromatic carbocycles. The average Bonchev–Trinajstić information content (AvgIpc) is 2.36. The maximum atomic E-state index is 6.34. The highest BCUT2D eigenvalue weighted by molar-refractivity contribution is 6.36. The first kappa shape index (κ1) is 15.4. The molecule has 0 saturated carbocycles. The summed E-state index contributed by atoms with van der Waals surface area (Å²) in [6.07, 6.45) is 6.29. The van der Waals surface area contributed by atoms with Crippen molar-refractivity contribution in [3.8, 4) is 0 Å². The Balaban J connectivity index is 2.29. The van der Waals surface area contributed by atoms with Crippen molar-refractivity contribution in [2.45, 2.75) is 32.1 Å². The van der Waals surface area contributed by atoms with E-state index in [4.69, 9.17) is 23.2 Å². The van der Waals surface area contributed by atoms with Gasteiger partial charge in [-0.05, 0) is 31.7 Å². The first-order chi connectivity index (χ1) is 9.63. The zero-order valence-electron chi connectivity index (χ0n) is 11.7. The highest BCUT2D eigenvalue weighted by Gasteiger charge is 2.17. The van der Waals surface area contributed by atoms with Crippen molar-refractivity contribution >= 4 is 41.3 Å². The predicted molar refractivity (Wildman–Crippen MR) is 89.4 cm³/mol. The molecular weight excluding hydrogens is 291 g/mol. The SMILES string of the molecule is C=Nc1cc(Cl)cc(Cl)c1C(=C)N1CCCCCCC1. The fourth-order valence-corrected chi connectivity index (χ4v) is 3.24. The van der Waals surface area contributed by atoms with Crippen LogP contribution in [-0.2, 0) is 0 Å². The van der Waals surface area contributed by atoms with Crippen molar-refractivity contribution in [3.63, 3.8) is 0 Å². The van der Waals surface area contributed by atoms with Gasteiger partial charge in [-0.1, -0.05) is 49.0 Å². The molecule has 1 aromatic rings. The van der Waals surface area contributed by atoms with Gasteiger partial charge in [0.05, 0.1) is 10.7 Å². The van der Waals surface area contributed by atoms with Crippen LogP contribution in [-0.4, -0.2) is 24.7 Å². The average molecular weight is 311 g/mol. The van der Waals surface area contributed by atoms with E-state index < -0.39 is 0 Å². The number of benzene rings is 1. The molecular formula is C16H20Cl2N2. The second kappa shape index (κ2) is 7.14. The van der Waals surface area contributed by atoms with Crippen LogP contribution in [0.5, 0.6) is 0 Å². The summed E-state index contributed by atoms with van der Waals surface area (Å²) in [6.45, 7) is 9.88. The van der Waals surface area contributed by atoms with Crippen molar-refractivity contribution in [2.24, 2.45) is 4.99 Å². The van der Waals surface area contributed by atoms with Gasteiger partial charge >= 0.3 is 0 Å². The third-order valence-electron chi connectivity index (χ3n) is 3.73. The molecule has 1 fully saturated rings. The molecule has 4 heteroatoms. The zero-order chi connectivity index (χ0) is 14.5. The molecule has 0 atom stereocenters. The van der Waals surface area contributed by atoms with E-state index in [1.807, 2.05) is 0 Å². The van der Waals surface area contributed by atoms with E-state index in [1.54, 1.807) is 12.1 Å². The maximum absolute atomic E-state index is 6.34. The largest absolute Gasteiger partial charge is 0.371 e. The molecule has 108 valence electrons. The lowest BCUT2D eigenvalue weighted by Gasteiger charge is -2.29. The van der Waals surface area contributed by atoms with Crippen LogP contribution < -0.4 is 0 Å². The Hall–Kier alpha value is -0.990. The van der Waals surface area contributed by atoms with Crippen molar-refractivity contribution in [2.75, 3.05) is 13.1 Å². The van der Waals surface area contributed by atoms with Crippen molar-refractivity contribution in [3.05, 3.63) is 34.3 Å². The number of hydrogen-bond acceptors (Lipinski definition) is 2. The van der Waals surface area contributed by atoms with Gasteiger partial charge in [-0.25, -0.2) is 0 Å². The number of hydrogen-bond donors (Lipinski definition) is 0. The van der Waals surface area contributed by atoms with Gasteiger partial charge in [0.1, 0.15) is 0 Å². The van der Waals surface area contributed by atoms with Crippen LogP contribution in [0.2, 0.25) is 10.0 Å². The van der Waals surface area contributed by atoms with Gasteiger partial charge in [0.15, 0.2) is 0 Å². The Labute approximate surface area is 131 Å². The highest BCUT2D eigenvalue weighted by Crippen LogP contribution is 2.37. The molecule has 0 radical (unpaired) electrons. The molecule has 0 amide bonds. The van der Waals surface area contributed by atoms with Crippen LogP contribution in [0.4, 0.5) is 5.69 Å². The Kier molecular flexibility index (Phi) is 5.50. The second-order valence-corrected chi connectivity index (χ2v) is 5.98. The molecule has 1 heterocycles. The predicted octanol–water partition coefficient (Wildman–Crippen LogP) is 5.56.